The number of ether oxygens (including phenoxy) is 3. The van der Waals surface area contributed by atoms with Gasteiger partial charge in [0.15, 0.2) is 6.61 Å². The van der Waals surface area contributed by atoms with Gasteiger partial charge in [0, 0.05) is 13.1 Å². The van der Waals surface area contributed by atoms with E-state index < -0.39 is 34.5 Å². The predicted molar refractivity (Wildman–Crippen MR) is 117 cm³/mol. The lowest BCUT2D eigenvalue weighted by atomic mass is 10.1. The second-order valence-electron chi connectivity index (χ2n) is 7.16. The second-order valence-corrected chi connectivity index (χ2v) is 9.06. The van der Waals surface area contributed by atoms with Crippen LogP contribution in [0.4, 0.5) is 5.69 Å². The zero-order valence-corrected chi connectivity index (χ0v) is 19.0. The summed E-state index contributed by atoms with van der Waals surface area (Å²) >= 11 is 0. The van der Waals surface area contributed by atoms with Gasteiger partial charge >= 0.3 is 11.9 Å². The van der Waals surface area contributed by atoms with E-state index in [2.05, 4.69) is 10.1 Å². The quantitative estimate of drug-likeness (QED) is 0.597. The molecule has 1 heterocycles. The number of hydrogen-bond acceptors (Lipinski definition) is 8. The molecule has 11 heteroatoms. The minimum Gasteiger partial charge on any atom is -0.465 e. The molecule has 1 amide bonds. The van der Waals surface area contributed by atoms with Gasteiger partial charge in [-0.3, -0.25) is 4.79 Å². The molecule has 2 aromatic carbocycles. The van der Waals surface area contributed by atoms with Crippen LogP contribution in [0.1, 0.15) is 26.3 Å². The molecular formula is C22H24N2O8S. The van der Waals surface area contributed by atoms with E-state index in [1.54, 1.807) is 19.1 Å². The van der Waals surface area contributed by atoms with Crippen molar-refractivity contribution in [2.75, 3.05) is 45.3 Å². The van der Waals surface area contributed by atoms with Crippen molar-refractivity contribution in [1.82, 2.24) is 4.31 Å². The summed E-state index contributed by atoms with van der Waals surface area (Å²) in [6, 6.07) is 10.4. The number of anilines is 1. The van der Waals surface area contributed by atoms with E-state index in [0.29, 0.717) is 18.8 Å². The van der Waals surface area contributed by atoms with Crippen molar-refractivity contribution < 1.29 is 37.0 Å². The standard InChI is InChI=1S/C22H24N2O8S/c1-15-7-8-16(13-19(15)33(28,29)24-9-11-31-12-10-24)21(26)32-14-20(25)23-18-6-4-3-5-17(18)22(27)30-2/h3-8,13H,9-12,14H2,1-2H3,(H,23,25). The van der Waals surface area contributed by atoms with Crippen molar-refractivity contribution in [3.05, 3.63) is 59.2 Å². The first-order valence-corrected chi connectivity index (χ1v) is 11.5. The van der Waals surface area contributed by atoms with Gasteiger partial charge < -0.3 is 19.5 Å². The van der Waals surface area contributed by atoms with Crippen LogP contribution in [0.3, 0.4) is 0 Å². The Morgan fingerprint density at radius 1 is 1.06 bits per heavy atom. The molecule has 10 nitrogen and oxygen atoms in total. The molecule has 2 aromatic rings. The summed E-state index contributed by atoms with van der Waals surface area (Å²) in [6.07, 6.45) is 0. The van der Waals surface area contributed by atoms with Crippen LogP contribution in [0, 0.1) is 6.92 Å². The van der Waals surface area contributed by atoms with Gasteiger partial charge in [-0.1, -0.05) is 18.2 Å². The number of esters is 2. The molecule has 0 unspecified atom stereocenters. The first-order chi connectivity index (χ1) is 15.7. The normalized spacial score (nSPS) is 14.4. The summed E-state index contributed by atoms with van der Waals surface area (Å²) in [5.74, 6) is -2.16. The Morgan fingerprint density at radius 3 is 2.45 bits per heavy atom. The topological polar surface area (TPSA) is 128 Å². The summed E-state index contributed by atoms with van der Waals surface area (Å²) < 4.78 is 42.2. The highest BCUT2D eigenvalue weighted by atomic mass is 32.2. The van der Waals surface area contributed by atoms with Gasteiger partial charge in [-0.05, 0) is 36.8 Å². The first kappa shape index (κ1) is 24.4. The van der Waals surface area contributed by atoms with Gasteiger partial charge in [-0.15, -0.1) is 0 Å². The zero-order chi connectivity index (χ0) is 24.0. The van der Waals surface area contributed by atoms with Gasteiger partial charge in [0.25, 0.3) is 5.91 Å². The number of carbonyl (C=O) groups excluding carboxylic acids is 3. The molecule has 0 radical (unpaired) electrons. The lowest BCUT2D eigenvalue weighted by Gasteiger charge is -2.26. The van der Waals surface area contributed by atoms with Gasteiger partial charge in [0.1, 0.15) is 0 Å². The molecule has 1 saturated heterocycles. The van der Waals surface area contributed by atoms with Crippen LogP contribution in [-0.2, 0) is 29.0 Å². The highest BCUT2D eigenvalue weighted by Crippen LogP contribution is 2.23. The zero-order valence-electron chi connectivity index (χ0n) is 18.2. The van der Waals surface area contributed by atoms with Crippen molar-refractivity contribution in [2.24, 2.45) is 0 Å². The van der Waals surface area contributed by atoms with Crippen LogP contribution in [-0.4, -0.2) is 70.6 Å². The largest absolute Gasteiger partial charge is 0.465 e. The van der Waals surface area contributed by atoms with E-state index in [-0.39, 0.29) is 34.8 Å². The number of benzene rings is 2. The minimum absolute atomic E-state index is 0.00435. The summed E-state index contributed by atoms with van der Waals surface area (Å²) in [4.78, 5) is 36.5. The third kappa shape index (κ3) is 5.75. The van der Waals surface area contributed by atoms with Gasteiger partial charge in [-0.2, -0.15) is 4.31 Å². The third-order valence-electron chi connectivity index (χ3n) is 4.95. The van der Waals surface area contributed by atoms with Crippen LogP contribution >= 0.6 is 0 Å². The molecule has 0 saturated carbocycles. The molecule has 33 heavy (non-hydrogen) atoms. The Kier molecular flexibility index (Phi) is 7.79. The fourth-order valence-corrected chi connectivity index (χ4v) is 4.87. The Balaban J connectivity index is 1.68. The number of carbonyl (C=O) groups is 3. The first-order valence-electron chi connectivity index (χ1n) is 10.1. The molecule has 0 aliphatic carbocycles. The molecule has 0 atom stereocenters. The number of para-hydroxylation sites is 1. The van der Waals surface area contributed by atoms with Crippen molar-refractivity contribution in [3.63, 3.8) is 0 Å². The number of sulfonamides is 1. The average Bonchev–Trinajstić information content (AvgIpc) is 2.83. The minimum atomic E-state index is -3.81. The number of amides is 1. The lowest BCUT2D eigenvalue weighted by Crippen LogP contribution is -2.40. The van der Waals surface area contributed by atoms with E-state index in [0.717, 1.165) is 0 Å². The van der Waals surface area contributed by atoms with Crippen LogP contribution in [0.5, 0.6) is 0 Å². The summed E-state index contributed by atoms with van der Waals surface area (Å²) in [6.45, 7) is 2.05. The molecule has 176 valence electrons. The maximum atomic E-state index is 13.0. The highest BCUT2D eigenvalue weighted by molar-refractivity contribution is 7.89. The monoisotopic (exact) mass is 476 g/mol. The SMILES string of the molecule is COC(=O)c1ccccc1NC(=O)COC(=O)c1ccc(C)c(S(=O)(=O)N2CCOCC2)c1. The number of rotatable bonds is 7. The molecule has 3 rings (SSSR count). The van der Waals surface area contributed by atoms with E-state index in [4.69, 9.17) is 9.47 Å². The van der Waals surface area contributed by atoms with Crippen LogP contribution in [0.25, 0.3) is 0 Å². The van der Waals surface area contributed by atoms with Crippen molar-refractivity contribution in [3.8, 4) is 0 Å². The third-order valence-corrected chi connectivity index (χ3v) is 6.99. The Labute approximate surface area is 191 Å². The predicted octanol–water partition coefficient (Wildman–Crippen LogP) is 1.60. The molecule has 0 spiro atoms. The van der Waals surface area contributed by atoms with Gasteiger partial charge in [0.05, 0.1) is 42.0 Å². The molecular weight excluding hydrogens is 452 g/mol. The van der Waals surface area contributed by atoms with Crippen molar-refractivity contribution in [1.29, 1.82) is 0 Å². The van der Waals surface area contributed by atoms with E-state index in [1.807, 2.05) is 0 Å². The fraction of sp³-hybridized carbons (Fsp3) is 0.318. The maximum absolute atomic E-state index is 13.0. The van der Waals surface area contributed by atoms with Gasteiger partial charge in [0.2, 0.25) is 10.0 Å². The Hall–Kier alpha value is -3.28. The van der Waals surface area contributed by atoms with Crippen molar-refractivity contribution in [2.45, 2.75) is 11.8 Å². The van der Waals surface area contributed by atoms with E-state index >= 15 is 0 Å². The second kappa shape index (κ2) is 10.6. The molecule has 1 fully saturated rings. The number of hydrogen-bond donors (Lipinski definition) is 1. The van der Waals surface area contributed by atoms with E-state index in [9.17, 15) is 22.8 Å². The Bertz CT molecular complexity index is 1160. The van der Waals surface area contributed by atoms with Crippen LogP contribution < -0.4 is 5.32 Å². The van der Waals surface area contributed by atoms with Crippen molar-refractivity contribution >= 4 is 33.6 Å². The number of nitrogens with one attached hydrogen (secondary N) is 1. The number of morpholine rings is 1. The summed E-state index contributed by atoms with van der Waals surface area (Å²) in [5.41, 5.74) is 0.834. The lowest BCUT2D eigenvalue weighted by molar-refractivity contribution is -0.119. The van der Waals surface area contributed by atoms with Crippen LogP contribution in [0.15, 0.2) is 47.4 Å². The molecule has 1 aliphatic heterocycles. The van der Waals surface area contributed by atoms with Gasteiger partial charge in [-0.25, -0.2) is 18.0 Å². The maximum Gasteiger partial charge on any atom is 0.339 e. The smallest absolute Gasteiger partial charge is 0.339 e. The van der Waals surface area contributed by atoms with E-state index in [1.165, 1.54) is 41.7 Å². The summed E-state index contributed by atoms with van der Waals surface area (Å²) in [5, 5.41) is 2.49. The number of nitrogens with zero attached hydrogens (tertiary/aromatic N) is 1. The molecule has 0 bridgehead atoms. The molecule has 1 N–H and O–H groups in total. The fourth-order valence-electron chi connectivity index (χ4n) is 3.21. The Morgan fingerprint density at radius 2 is 1.76 bits per heavy atom. The molecule has 1 aliphatic rings. The molecule has 0 aromatic heterocycles. The highest BCUT2D eigenvalue weighted by Gasteiger charge is 2.28. The average molecular weight is 477 g/mol. The van der Waals surface area contributed by atoms with Crippen LogP contribution in [0.2, 0.25) is 0 Å². The number of methoxy groups -OCH3 is 1. The number of aryl methyl sites for hydroxylation is 1. The summed E-state index contributed by atoms with van der Waals surface area (Å²) in [7, 11) is -2.59.